The van der Waals surface area contributed by atoms with E-state index < -0.39 is 10.0 Å². The first kappa shape index (κ1) is 17.0. The van der Waals surface area contributed by atoms with Crippen LogP contribution in [0.3, 0.4) is 0 Å². The van der Waals surface area contributed by atoms with Crippen molar-refractivity contribution in [2.45, 2.75) is 37.8 Å². The summed E-state index contributed by atoms with van der Waals surface area (Å²) in [6, 6.07) is 1.79. The van der Waals surface area contributed by atoms with Crippen LogP contribution in [0.5, 0.6) is 0 Å². The number of hydrogen-bond acceptors (Lipinski definition) is 5. The molecule has 120 valence electrons. The van der Waals surface area contributed by atoms with Crippen LogP contribution in [0.4, 0.5) is 0 Å². The van der Waals surface area contributed by atoms with Crippen LogP contribution < -0.4 is 5.73 Å². The lowest BCUT2D eigenvalue weighted by Crippen LogP contribution is -2.38. The summed E-state index contributed by atoms with van der Waals surface area (Å²) in [4.78, 5) is 2.47. The summed E-state index contributed by atoms with van der Waals surface area (Å²) < 4.78 is 32.5. The molecular formula is C13H22BrN3O3S. The Morgan fingerprint density at radius 2 is 2.14 bits per heavy atom. The van der Waals surface area contributed by atoms with Crippen molar-refractivity contribution in [1.82, 2.24) is 9.21 Å². The van der Waals surface area contributed by atoms with Gasteiger partial charge in [-0.25, -0.2) is 8.42 Å². The monoisotopic (exact) mass is 379 g/mol. The first-order valence-corrected chi connectivity index (χ1v) is 9.39. The highest BCUT2D eigenvalue weighted by molar-refractivity contribution is 9.10. The molecule has 8 heteroatoms. The van der Waals surface area contributed by atoms with Gasteiger partial charge >= 0.3 is 0 Å². The van der Waals surface area contributed by atoms with Gasteiger partial charge in [-0.15, -0.1) is 0 Å². The summed E-state index contributed by atoms with van der Waals surface area (Å²) in [6.45, 7) is 7.31. The molecule has 1 unspecified atom stereocenters. The third-order valence-corrected chi connectivity index (χ3v) is 6.70. The van der Waals surface area contributed by atoms with Crippen molar-refractivity contribution in [1.29, 1.82) is 0 Å². The standard InChI is InChI=1S/C13H22BrN3O3S/c1-3-16(4-2)10-5-6-17(9-10)21(18,19)12-7-11(8-15)20-13(12)14/h7,10H,3-6,8-9,15H2,1-2H3. The number of rotatable bonds is 6. The Kier molecular flexibility index (Phi) is 5.48. The number of likely N-dealkylation sites (N-methyl/N-ethyl adjacent to an activating group) is 1. The van der Waals surface area contributed by atoms with Crippen LogP contribution in [0.2, 0.25) is 0 Å². The van der Waals surface area contributed by atoms with Crippen molar-refractivity contribution in [3.05, 3.63) is 16.5 Å². The van der Waals surface area contributed by atoms with E-state index in [9.17, 15) is 8.42 Å². The fourth-order valence-electron chi connectivity index (χ4n) is 2.78. The number of halogens is 1. The van der Waals surface area contributed by atoms with Gasteiger partial charge in [-0.1, -0.05) is 13.8 Å². The first-order valence-electron chi connectivity index (χ1n) is 7.16. The molecule has 2 N–H and O–H groups in total. The summed E-state index contributed by atoms with van der Waals surface area (Å²) in [6.07, 6.45) is 0.861. The van der Waals surface area contributed by atoms with Crippen LogP contribution in [0.15, 0.2) is 20.0 Å². The Hall–Kier alpha value is -0.410. The molecule has 21 heavy (non-hydrogen) atoms. The van der Waals surface area contributed by atoms with Gasteiger partial charge in [0.15, 0.2) is 4.67 Å². The maximum atomic E-state index is 12.7. The topological polar surface area (TPSA) is 79.8 Å². The van der Waals surface area contributed by atoms with Gasteiger partial charge in [0.05, 0.1) is 6.54 Å². The lowest BCUT2D eigenvalue weighted by atomic mass is 10.2. The minimum Gasteiger partial charge on any atom is -0.452 e. The molecule has 0 amide bonds. The summed E-state index contributed by atoms with van der Waals surface area (Å²) in [5.74, 6) is 0.458. The average Bonchev–Trinajstić information content (AvgIpc) is 3.07. The van der Waals surface area contributed by atoms with Crippen molar-refractivity contribution in [3.63, 3.8) is 0 Å². The number of sulfonamides is 1. The zero-order chi connectivity index (χ0) is 15.6. The van der Waals surface area contributed by atoms with Crippen molar-refractivity contribution in [3.8, 4) is 0 Å². The van der Waals surface area contributed by atoms with Crippen LogP contribution in [-0.2, 0) is 16.6 Å². The van der Waals surface area contributed by atoms with E-state index in [1.807, 2.05) is 0 Å². The zero-order valence-electron chi connectivity index (χ0n) is 12.4. The predicted octanol–water partition coefficient (Wildman–Crippen LogP) is 1.61. The number of hydrogen-bond donors (Lipinski definition) is 1. The molecule has 0 saturated carbocycles. The lowest BCUT2D eigenvalue weighted by molar-refractivity contribution is 0.224. The van der Waals surface area contributed by atoms with Gasteiger partial charge in [0.1, 0.15) is 10.7 Å². The molecule has 0 bridgehead atoms. The highest BCUT2D eigenvalue weighted by atomic mass is 79.9. The molecule has 0 aromatic carbocycles. The molecular weight excluding hydrogens is 358 g/mol. The fourth-order valence-corrected chi connectivity index (χ4v) is 5.23. The van der Waals surface area contributed by atoms with Crippen LogP contribution in [0.25, 0.3) is 0 Å². The third kappa shape index (κ3) is 3.34. The summed E-state index contributed by atoms with van der Waals surface area (Å²) in [7, 11) is -3.53. The molecule has 6 nitrogen and oxygen atoms in total. The van der Waals surface area contributed by atoms with Gasteiger partial charge in [0.25, 0.3) is 0 Å². The Morgan fingerprint density at radius 1 is 1.48 bits per heavy atom. The molecule has 1 aromatic rings. The Bertz CT molecular complexity index is 583. The van der Waals surface area contributed by atoms with Gasteiger partial charge < -0.3 is 10.2 Å². The van der Waals surface area contributed by atoms with Crippen LogP contribution >= 0.6 is 15.9 Å². The first-order chi connectivity index (χ1) is 9.93. The molecule has 1 aromatic heterocycles. The highest BCUT2D eigenvalue weighted by Gasteiger charge is 2.36. The summed E-state index contributed by atoms with van der Waals surface area (Å²) >= 11 is 3.17. The second kappa shape index (κ2) is 6.78. The molecule has 2 heterocycles. The van der Waals surface area contributed by atoms with Crippen molar-refractivity contribution in [2.24, 2.45) is 5.73 Å². The smallest absolute Gasteiger partial charge is 0.247 e. The van der Waals surface area contributed by atoms with Crippen LogP contribution in [0.1, 0.15) is 26.0 Å². The van der Waals surface area contributed by atoms with Crippen LogP contribution in [0, 0.1) is 0 Å². The van der Waals surface area contributed by atoms with E-state index in [-0.39, 0.29) is 22.2 Å². The Labute approximate surface area is 134 Å². The average molecular weight is 380 g/mol. The van der Waals surface area contributed by atoms with Gasteiger partial charge in [-0.05, 0) is 35.4 Å². The molecule has 1 fully saturated rings. The minimum atomic E-state index is -3.53. The van der Waals surface area contributed by atoms with E-state index in [1.54, 1.807) is 0 Å². The maximum Gasteiger partial charge on any atom is 0.247 e. The summed E-state index contributed by atoms with van der Waals surface area (Å²) in [5.41, 5.74) is 5.50. The Balaban J connectivity index is 2.19. The van der Waals surface area contributed by atoms with E-state index in [0.29, 0.717) is 18.8 Å². The van der Waals surface area contributed by atoms with Gasteiger partial charge in [-0.2, -0.15) is 4.31 Å². The van der Waals surface area contributed by atoms with Crippen molar-refractivity contribution in [2.75, 3.05) is 26.2 Å². The van der Waals surface area contributed by atoms with Crippen molar-refractivity contribution >= 4 is 26.0 Å². The van der Waals surface area contributed by atoms with Crippen LogP contribution in [-0.4, -0.2) is 49.8 Å². The molecule has 1 aliphatic heterocycles. The van der Waals surface area contributed by atoms with E-state index in [4.69, 9.17) is 10.2 Å². The van der Waals surface area contributed by atoms with Gasteiger partial charge in [-0.3, -0.25) is 4.90 Å². The SMILES string of the molecule is CCN(CC)C1CCN(S(=O)(=O)c2cc(CN)oc2Br)C1. The second-order valence-corrected chi connectivity index (χ2v) is 7.71. The molecule has 2 rings (SSSR count). The molecule has 0 aliphatic carbocycles. The van der Waals surface area contributed by atoms with E-state index in [0.717, 1.165) is 19.5 Å². The van der Waals surface area contributed by atoms with Gasteiger partial charge in [0, 0.05) is 25.2 Å². The molecule has 1 aliphatic rings. The van der Waals surface area contributed by atoms with Gasteiger partial charge in [0.2, 0.25) is 10.0 Å². The molecule has 1 saturated heterocycles. The van der Waals surface area contributed by atoms with E-state index in [2.05, 4.69) is 34.7 Å². The predicted molar refractivity (Wildman–Crippen MR) is 84.4 cm³/mol. The van der Waals surface area contributed by atoms with Crippen molar-refractivity contribution < 1.29 is 12.8 Å². The third-order valence-electron chi connectivity index (χ3n) is 3.98. The molecule has 1 atom stereocenters. The zero-order valence-corrected chi connectivity index (χ0v) is 14.8. The fraction of sp³-hybridized carbons (Fsp3) is 0.692. The quantitative estimate of drug-likeness (QED) is 0.811. The highest BCUT2D eigenvalue weighted by Crippen LogP contribution is 2.31. The Morgan fingerprint density at radius 3 is 2.67 bits per heavy atom. The lowest BCUT2D eigenvalue weighted by Gasteiger charge is -2.25. The number of furan rings is 1. The molecule has 0 radical (unpaired) electrons. The minimum absolute atomic E-state index is 0.170. The second-order valence-electron chi connectivity index (χ2n) is 5.08. The molecule has 0 spiro atoms. The van der Waals surface area contributed by atoms with E-state index in [1.165, 1.54) is 10.4 Å². The number of nitrogens with zero attached hydrogens (tertiary/aromatic N) is 2. The largest absolute Gasteiger partial charge is 0.452 e. The summed E-state index contributed by atoms with van der Waals surface area (Å²) in [5, 5.41) is 0. The maximum absolute atomic E-state index is 12.7. The van der Waals surface area contributed by atoms with E-state index >= 15 is 0 Å². The normalized spacial score (nSPS) is 20.5. The number of nitrogens with two attached hydrogens (primary N) is 1.